The van der Waals surface area contributed by atoms with Crippen molar-refractivity contribution in [2.45, 2.75) is 26.3 Å². The van der Waals surface area contributed by atoms with Crippen molar-refractivity contribution in [3.8, 4) is 17.1 Å². The van der Waals surface area contributed by atoms with Crippen molar-refractivity contribution in [3.05, 3.63) is 66.1 Å². The van der Waals surface area contributed by atoms with Crippen LogP contribution in [0.4, 0.5) is 10.1 Å². The number of rotatable bonds is 6. The zero-order valence-electron chi connectivity index (χ0n) is 15.4. The molecule has 0 fully saturated rings. The van der Waals surface area contributed by atoms with E-state index in [2.05, 4.69) is 44.8 Å². The molecule has 142 valence electrons. The van der Waals surface area contributed by atoms with E-state index in [-0.39, 0.29) is 12.2 Å². The highest BCUT2D eigenvalue weighted by atomic mass is 19.1. The lowest BCUT2D eigenvalue weighted by Crippen LogP contribution is -2.04. The zero-order valence-corrected chi connectivity index (χ0v) is 15.4. The molecule has 2 aromatic carbocycles. The summed E-state index contributed by atoms with van der Waals surface area (Å²) in [6.07, 6.45) is 1.44. The van der Waals surface area contributed by atoms with Crippen LogP contribution in [0.1, 0.15) is 31.2 Å². The van der Waals surface area contributed by atoms with E-state index in [4.69, 9.17) is 4.52 Å². The van der Waals surface area contributed by atoms with Gasteiger partial charge in [-0.3, -0.25) is 0 Å². The van der Waals surface area contributed by atoms with E-state index in [1.54, 1.807) is 12.1 Å². The minimum absolute atomic E-state index is 0.188. The number of anilines is 1. The van der Waals surface area contributed by atoms with Gasteiger partial charge in [-0.15, -0.1) is 5.10 Å². The molecule has 0 bridgehead atoms. The lowest BCUT2D eigenvalue weighted by atomic mass is 10.0. The second-order valence-corrected chi connectivity index (χ2v) is 6.56. The third kappa shape index (κ3) is 3.73. The fraction of sp³-hybridized carbons (Fsp3) is 0.211. The molecule has 0 amide bonds. The Kier molecular flexibility index (Phi) is 4.79. The Balaban J connectivity index is 1.47. The molecule has 0 aliphatic rings. The molecule has 0 atom stereocenters. The van der Waals surface area contributed by atoms with E-state index in [1.165, 1.54) is 22.6 Å². The number of hydrogen-bond donors (Lipinski definition) is 1. The standard InChI is InChI=1S/C19H18FN7O/c1-12(2)13-3-5-14(6-4-13)19-23-18(28-24-19)10-21-17-9-15(7-8-16(17)20)27-11-22-25-26-27/h3-9,11-12,21H,10H2,1-2H3. The van der Waals surface area contributed by atoms with Crippen molar-refractivity contribution in [1.82, 2.24) is 30.3 Å². The average Bonchev–Trinajstić information content (AvgIpc) is 3.40. The van der Waals surface area contributed by atoms with Crippen LogP contribution in [0.15, 0.2) is 53.3 Å². The first-order valence-electron chi connectivity index (χ1n) is 8.80. The van der Waals surface area contributed by atoms with Crippen LogP contribution in [-0.2, 0) is 6.54 Å². The predicted molar refractivity (Wildman–Crippen MR) is 100 cm³/mol. The van der Waals surface area contributed by atoms with Crippen molar-refractivity contribution in [1.29, 1.82) is 0 Å². The third-order valence-corrected chi connectivity index (χ3v) is 4.30. The molecule has 9 heteroatoms. The summed E-state index contributed by atoms with van der Waals surface area (Å²) in [5.74, 6) is 0.907. The van der Waals surface area contributed by atoms with E-state index in [9.17, 15) is 4.39 Å². The highest BCUT2D eigenvalue weighted by Gasteiger charge is 2.11. The Morgan fingerprint density at radius 3 is 2.68 bits per heavy atom. The lowest BCUT2D eigenvalue weighted by Gasteiger charge is -2.07. The smallest absolute Gasteiger partial charge is 0.246 e. The lowest BCUT2D eigenvalue weighted by molar-refractivity contribution is 0.384. The first kappa shape index (κ1) is 17.8. The average molecular weight is 379 g/mol. The Morgan fingerprint density at radius 1 is 1.14 bits per heavy atom. The van der Waals surface area contributed by atoms with Gasteiger partial charge in [-0.25, -0.2) is 9.07 Å². The van der Waals surface area contributed by atoms with Crippen LogP contribution in [0.3, 0.4) is 0 Å². The van der Waals surface area contributed by atoms with E-state index in [1.807, 2.05) is 24.3 Å². The SMILES string of the molecule is CC(C)c1ccc(-c2noc(CNc3cc(-n4cnnn4)ccc3F)n2)cc1. The van der Waals surface area contributed by atoms with Crippen LogP contribution in [0.25, 0.3) is 17.1 Å². The summed E-state index contributed by atoms with van der Waals surface area (Å²) in [5, 5.41) is 17.9. The molecular formula is C19H18FN7O. The third-order valence-electron chi connectivity index (χ3n) is 4.30. The maximum Gasteiger partial charge on any atom is 0.246 e. The number of nitrogens with zero attached hydrogens (tertiary/aromatic N) is 6. The fourth-order valence-corrected chi connectivity index (χ4v) is 2.70. The number of hydrogen-bond acceptors (Lipinski definition) is 7. The van der Waals surface area contributed by atoms with Gasteiger partial charge in [-0.05, 0) is 40.1 Å². The van der Waals surface area contributed by atoms with Crippen LogP contribution < -0.4 is 5.32 Å². The van der Waals surface area contributed by atoms with Crippen LogP contribution >= 0.6 is 0 Å². The largest absolute Gasteiger partial charge is 0.374 e. The van der Waals surface area contributed by atoms with Crippen LogP contribution in [0.2, 0.25) is 0 Å². The van der Waals surface area contributed by atoms with Crippen LogP contribution in [0.5, 0.6) is 0 Å². The highest BCUT2D eigenvalue weighted by molar-refractivity contribution is 5.55. The van der Waals surface area contributed by atoms with Crippen molar-refractivity contribution >= 4 is 5.69 Å². The number of halogens is 1. The van der Waals surface area contributed by atoms with E-state index < -0.39 is 5.82 Å². The van der Waals surface area contributed by atoms with Gasteiger partial charge in [0.05, 0.1) is 17.9 Å². The second-order valence-electron chi connectivity index (χ2n) is 6.56. The normalized spacial score (nSPS) is 11.1. The van der Waals surface area contributed by atoms with Gasteiger partial charge in [0, 0.05) is 5.56 Å². The maximum absolute atomic E-state index is 14.1. The highest BCUT2D eigenvalue weighted by Crippen LogP contribution is 2.22. The van der Waals surface area contributed by atoms with Crippen molar-refractivity contribution in [2.75, 3.05) is 5.32 Å². The molecule has 0 saturated heterocycles. The Labute approximate surface area is 160 Å². The number of nitrogens with one attached hydrogen (secondary N) is 1. The molecule has 4 rings (SSSR count). The van der Waals surface area contributed by atoms with Gasteiger partial charge >= 0.3 is 0 Å². The summed E-state index contributed by atoms with van der Waals surface area (Å²) < 4.78 is 20.8. The Hall–Kier alpha value is -3.62. The molecule has 0 aliphatic carbocycles. The van der Waals surface area contributed by atoms with Gasteiger partial charge in [-0.1, -0.05) is 43.3 Å². The molecule has 0 aliphatic heterocycles. The van der Waals surface area contributed by atoms with E-state index >= 15 is 0 Å². The number of aromatic nitrogens is 6. The molecule has 2 aromatic heterocycles. The van der Waals surface area contributed by atoms with Gasteiger partial charge in [0.15, 0.2) is 0 Å². The second kappa shape index (κ2) is 7.55. The van der Waals surface area contributed by atoms with E-state index in [0.29, 0.717) is 23.3 Å². The van der Waals surface area contributed by atoms with E-state index in [0.717, 1.165) is 5.56 Å². The minimum Gasteiger partial charge on any atom is -0.374 e. The summed E-state index contributed by atoms with van der Waals surface area (Å²) in [7, 11) is 0. The van der Waals surface area contributed by atoms with Crippen LogP contribution in [-0.4, -0.2) is 30.3 Å². The molecule has 0 unspecified atom stereocenters. The van der Waals surface area contributed by atoms with Gasteiger partial charge in [0.25, 0.3) is 0 Å². The molecule has 4 aromatic rings. The quantitative estimate of drug-likeness (QED) is 0.547. The first-order chi connectivity index (χ1) is 13.6. The molecule has 0 radical (unpaired) electrons. The molecule has 0 saturated carbocycles. The molecule has 1 N–H and O–H groups in total. The molecular weight excluding hydrogens is 361 g/mol. The molecule has 28 heavy (non-hydrogen) atoms. The van der Waals surface area contributed by atoms with Crippen molar-refractivity contribution < 1.29 is 8.91 Å². The van der Waals surface area contributed by atoms with Gasteiger partial charge in [0.1, 0.15) is 12.1 Å². The topological polar surface area (TPSA) is 94.6 Å². The van der Waals surface area contributed by atoms with Gasteiger partial charge in [-0.2, -0.15) is 4.98 Å². The van der Waals surface area contributed by atoms with Gasteiger partial charge < -0.3 is 9.84 Å². The number of benzene rings is 2. The minimum atomic E-state index is -0.402. The Bertz CT molecular complexity index is 1060. The van der Waals surface area contributed by atoms with Crippen LogP contribution in [0, 0.1) is 5.82 Å². The molecule has 0 spiro atoms. The fourth-order valence-electron chi connectivity index (χ4n) is 2.70. The molecule has 8 nitrogen and oxygen atoms in total. The van der Waals surface area contributed by atoms with Gasteiger partial charge in [0.2, 0.25) is 11.7 Å². The van der Waals surface area contributed by atoms with Crippen molar-refractivity contribution in [2.24, 2.45) is 0 Å². The molecule has 2 heterocycles. The summed E-state index contributed by atoms with van der Waals surface area (Å²) in [6, 6.07) is 12.6. The summed E-state index contributed by atoms with van der Waals surface area (Å²) >= 11 is 0. The summed E-state index contributed by atoms with van der Waals surface area (Å²) in [5.41, 5.74) is 3.03. The number of tetrazole rings is 1. The Morgan fingerprint density at radius 2 is 1.96 bits per heavy atom. The summed E-state index contributed by atoms with van der Waals surface area (Å²) in [4.78, 5) is 4.37. The maximum atomic E-state index is 14.1. The monoisotopic (exact) mass is 379 g/mol. The van der Waals surface area contributed by atoms with Crippen molar-refractivity contribution in [3.63, 3.8) is 0 Å². The first-order valence-corrected chi connectivity index (χ1v) is 8.80. The zero-order chi connectivity index (χ0) is 19.5. The summed E-state index contributed by atoms with van der Waals surface area (Å²) in [6.45, 7) is 4.47. The predicted octanol–water partition coefficient (Wildman–Crippen LogP) is 3.59.